The highest BCUT2D eigenvalue weighted by molar-refractivity contribution is 5.74. The molecule has 1 N–H and O–H groups in total. The molecule has 0 aliphatic carbocycles. The molecule has 2 aromatic rings. The molecule has 0 radical (unpaired) electrons. The van der Waals surface area contributed by atoms with Crippen molar-refractivity contribution in [2.24, 2.45) is 0 Å². The summed E-state index contributed by atoms with van der Waals surface area (Å²) in [6.45, 7) is 8.71. The average molecular weight is 331 g/mol. The van der Waals surface area contributed by atoms with Crippen molar-refractivity contribution in [1.29, 1.82) is 0 Å². The molecule has 0 saturated carbocycles. The topological polar surface area (TPSA) is 100 Å². The number of aromatic nitrogens is 4. The van der Waals surface area contributed by atoms with Gasteiger partial charge >= 0.3 is 6.03 Å². The van der Waals surface area contributed by atoms with Gasteiger partial charge in [-0.05, 0) is 13.8 Å². The van der Waals surface area contributed by atoms with Crippen LogP contribution in [0.25, 0.3) is 0 Å². The predicted molar refractivity (Wildman–Crippen MR) is 86.6 cm³/mol. The molecule has 0 spiro atoms. The first-order valence-corrected chi connectivity index (χ1v) is 7.89. The number of nitrogens with zero attached hydrogens (tertiary/aromatic N) is 6. The third kappa shape index (κ3) is 3.44. The Balaban J connectivity index is 1.53. The molecular weight excluding hydrogens is 310 g/mol. The van der Waals surface area contributed by atoms with Crippen molar-refractivity contribution >= 4 is 11.8 Å². The van der Waals surface area contributed by atoms with Crippen molar-refractivity contribution < 1.29 is 9.21 Å². The van der Waals surface area contributed by atoms with Gasteiger partial charge in [-0.3, -0.25) is 0 Å². The predicted octanol–water partition coefficient (Wildman–Crippen LogP) is 0.817. The van der Waals surface area contributed by atoms with Crippen molar-refractivity contribution in [2.45, 2.75) is 27.3 Å². The summed E-state index contributed by atoms with van der Waals surface area (Å²) < 4.78 is 5.24. The quantitative estimate of drug-likeness (QED) is 0.888. The molecule has 0 atom stereocenters. The van der Waals surface area contributed by atoms with Crippen LogP contribution in [0.3, 0.4) is 0 Å². The van der Waals surface area contributed by atoms with E-state index in [4.69, 9.17) is 4.42 Å². The molecule has 1 fully saturated rings. The number of hydrogen-bond donors (Lipinski definition) is 1. The Kier molecular flexibility index (Phi) is 4.59. The van der Waals surface area contributed by atoms with Crippen molar-refractivity contribution in [1.82, 2.24) is 30.4 Å². The van der Waals surface area contributed by atoms with Crippen LogP contribution in [0.15, 0.2) is 10.7 Å². The zero-order valence-electron chi connectivity index (χ0n) is 14.1. The number of anilines is 1. The number of piperazine rings is 1. The summed E-state index contributed by atoms with van der Waals surface area (Å²) >= 11 is 0. The fourth-order valence-corrected chi connectivity index (χ4v) is 2.64. The van der Waals surface area contributed by atoms with E-state index >= 15 is 0 Å². The second-order valence-corrected chi connectivity index (χ2v) is 5.76. The number of hydrogen-bond acceptors (Lipinski definition) is 7. The first-order valence-electron chi connectivity index (χ1n) is 7.89. The number of nitrogens with one attached hydrogen (secondary N) is 1. The van der Waals surface area contributed by atoms with Crippen LogP contribution in [-0.4, -0.2) is 57.3 Å². The molecule has 2 amide bonds. The average Bonchev–Trinajstić information content (AvgIpc) is 3.01. The molecule has 9 nitrogen and oxygen atoms in total. The van der Waals surface area contributed by atoms with E-state index in [-0.39, 0.29) is 12.6 Å². The third-order valence-corrected chi connectivity index (χ3v) is 4.13. The van der Waals surface area contributed by atoms with Crippen LogP contribution < -0.4 is 10.2 Å². The SMILES string of the molecule is Cc1nnc(CNC(=O)N2CCN(c3ncnc(C)c3C)CC2)o1. The van der Waals surface area contributed by atoms with E-state index in [9.17, 15) is 4.79 Å². The largest absolute Gasteiger partial charge is 0.424 e. The standard InChI is InChI=1S/C15H21N7O2/c1-10-11(2)17-9-18-14(10)21-4-6-22(7-5-21)15(23)16-8-13-20-19-12(3)24-13/h9H,4-8H2,1-3H3,(H,16,23). The fraction of sp³-hybridized carbons (Fsp3) is 0.533. The van der Waals surface area contributed by atoms with E-state index in [1.807, 2.05) is 13.8 Å². The minimum Gasteiger partial charge on any atom is -0.424 e. The molecule has 0 bridgehead atoms. The van der Waals surface area contributed by atoms with E-state index in [1.165, 1.54) is 0 Å². The molecule has 0 aromatic carbocycles. The third-order valence-electron chi connectivity index (χ3n) is 4.13. The number of urea groups is 1. The summed E-state index contributed by atoms with van der Waals surface area (Å²) in [5, 5.41) is 10.4. The number of carbonyl (C=O) groups is 1. The van der Waals surface area contributed by atoms with Crippen LogP contribution in [-0.2, 0) is 6.54 Å². The summed E-state index contributed by atoms with van der Waals surface area (Å²) in [4.78, 5) is 24.8. The number of aryl methyl sites for hydroxylation is 2. The van der Waals surface area contributed by atoms with E-state index in [2.05, 4.69) is 30.4 Å². The van der Waals surface area contributed by atoms with E-state index in [0.29, 0.717) is 24.9 Å². The first kappa shape index (κ1) is 16.2. The molecule has 9 heteroatoms. The van der Waals surface area contributed by atoms with Crippen LogP contribution in [0, 0.1) is 20.8 Å². The van der Waals surface area contributed by atoms with Gasteiger partial charge in [0.2, 0.25) is 11.8 Å². The van der Waals surface area contributed by atoms with Gasteiger partial charge in [0.15, 0.2) is 0 Å². The van der Waals surface area contributed by atoms with Gasteiger partial charge in [0.1, 0.15) is 12.1 Å². The van der Waals surface area contributed by atoms with E-state index in [0.717, 1.165) is 30.2 Å². The van der Waals surface area contributed by atoms with Crippen LogP contribution in [0.4, 0.5) is 10.6 Å². The number of rotatable bonds is 3. The number of amides is 2. The van der Waals surface area contributed by atoms with Crippen molar-refractivity contribution in [3.05, 3.63) is 29.4 Å². The summed E-state index contributed by atoms with van der Waals surface area (Å²) in [6.07, 6.45) is 1.59. The minimum atomic E-state index is -0.124. The highest BCUT2D eigenvalue weighted by Crippen LogP contribution is 2.19. The zero-order valence-corrected chi connectivity index (χ0v) is 14.1. The van der Waals surface area contributed by atoms with Gasteiger partial charge in [-0.2, -0.15) is 0 Å². The minimum absolute atomic E-state index is 0.124. The molecule has 1 aliphatic rings. The van der Waals surface area contributed by atoms with E-state index < -0.39 is 0 Å². The van der Waals surface area contributed by atoms with Crippen LogP contribution in [0.2, 0.25) is 0 Å². The van der Waals surface area contributed by atoms with Gasteiger partial charge in [0.05, 0.1) is 6.54 Å². The maximum absolute atomic E-state index is 12.2. The highest BCUT2D eigenvalue weighted by atomic mass is 16.4. The lowest BCUT2D eigenvalue weighted by atomic mass is 10.2. The molecule has 24 heavy (non-hydrogen) atoms. The zero-order chi connectivity index (χ0) is 17.1. The molecular formula is C15H21N7O2. The Bertz CT molecular complexity index is 722. The Morgan fingerprint density at radius 3 is 2.58 bits per heavy atom. The molecule has 3 heterocycles. The lowest BCUT2D eigenvalue weighted by molar-refractivity contribution is 0.192. The van der Waals surface area contributed by atoms with Crippen LogP contribution in [0.5, 0.6) is 0 Å². The fourth-order valence-electron chi connectivity index (χ4n) is 2.64. The second-order valence-electron chi connectivity index (χ2n) is 5.76. The summed E-state index contributed by atoms with van der Waals surface area (Å²) in [7, 11) is 0. The van der Waals surface area contributed by atoms with Gasteiger partial charge in [0.25, 0.3) is 0 Å². The van der Waals surface area contributed by atoms with Gasteiger partial charge < -0.3 is 19.5 Å². The molecule has 3 rings (SSSR count). The molecule has 2 aromatic heterocycles. The van der Waals surface area contributed by atoms with Crippen LogP contribution >= 0.6 is 0 Å². The van der Waals surface area contributed by atoms with Crippen molar-refractivity contribution in [3.8, 4) is 0 Å². The van der Waals surface area contributed by atoms with Gasteiger partial charge in [0, 0.05) is 44.4 Å². The number of carbonyl (C=O) groups excluding carboxylic acids is 1. The second kappa shape index (κ2) is 6.81. The van der Waals surface area contributed by atoms with Crippen molar-refractivity contribution in [3.63, 3.8) is 0 Å². The lowest BCUT2D eigenvalue weighted by Gasteiger charge is -2.35. The van der Waals surface area contributed by atoms with Gasteiger partial charge in [-0.25, -0.2) is 14.8 Å². The highest BCUT2D eigenvalue weighted by Gasteiger charge is 2.23. The Morgan fingerprint density at radius 2 is 1.92 bits per heavy atom. The molecule has 0 unspecified atom stereocenters. The Hall–Kier alpha value is -2.71. The van der Waals surface area contributed by atoms with Gasteiger partial charge in [-0.1, -0.05) is 0 Å². The molecule has 128 valence electrons. The van der Waals surface area contributed by atoms with Crippen LogP contribution in [0.1, 0.15) is 23.0 Å². The Labute approximate surface area is 140 Å². The lowest BCUT2D eigenvalue weighted by Crippen LogP contribution is -2.52. The summed E-state index contributed by atoms with van der Waals surface area (Å²) in [5.41, 5.74) is 2.07. The maximum atomic E-state index is 12.2. The van der Waals surface area contributed by atoms with Gasteiger partial charge in [-0.15, -0.1) is 10.2 Å². The first-order chi connectivity index (χ1) is 11.5. The molecule has 1 aliphatic heterocycles. The Morgan fingerprint density at radius 1 is 1.17 bits per heavy atom. The molecule has 1 saturated heterocycles. The normalized spacial score (nSPS) is 14.8. The van der Waals surface area contributed by atoms with E-state index in [1.54, 1.807) is 18.2 Å². The monoisotopic (exact) mass is 331 g/mol. The smallest absolute Gasteiger partial charge is 0.317 e. The summed E-state index contributed by atoms with van der Waals surface area (Å²) in [5.74, 6) is 1.85. The maximum Gasteiger partial charge on any atom is 0.317 e. The van der Waals surface area contributed by atoms with Crippen molar-refractivity contribution in [2.75, 3.05) is 31.1 Å². The summed E-state index contributed by atoms with van der Waals surface area (Å²) in [6, 6.07) is -0.124.